The highest BCUT2D eigenvalue weighted by Crippen LogP contribution is 2.27. The van der Waals surface area contributed by atoms with E-state index in [1.807, 2.05) is 0 Å². The zero-order valence-electron chi connectivity index (χ0n) is 15.7. The summed E-state index contributed by atoms with van der Waals surface area (Å²) in [4.78, 5) is 49.6. The Bertz CT molecular complexity index is 582. The van der Waals surface area contributed by atoms with Crippen LogP contribution in [-0.4, -0.2) is 53.2 Å². The highest BCUT2D eigenvalue weighted by Gasteiger charge is 2.41. The summed E-state index contributed by atoms with van der Waals surface area (Å²) in [5, 5.41) is 0. The highest BCUT2D eigenvalue weighted by atomic mass is 16.5. The third-order valence-electron chi connectivity index (χ3n) is 4.28. The van der Waals surface area contributed by atoms with Crippen LogP contribution in [0.4, 0.5) is 0 Å². The number of amides is 2. The van der Waals surface area contributed by atoms with Crippen LogP contribution in [0.15, 0.2) is 12.7 Å². The molecule has 0 saturated carbocycles. The number of likely N-dealkylation sites (tertiary alicyclic amines) is 1. The van der Waals surface area contributed by atoms with Gasteiger partial charge in [0.15, 0.2) is 11.9 Å². The van der Waals surface area contributed by atoms with E-state index in [-0.39, 0.29) is 18.6 Å². The second-order valence-corrected chi connectivity index (χ2v) is 7.51. The van der Waals surface area contributed by atoms with Crippen LogP contribution < -0.4 is 11.5 Å². The van der Waals surface area contributed by atoms with Gasteiger partial charge in [0.1, 0.15) is 6.04 Å². The first-order valence-corrected chi connectivity index (χ1v) is 8.70. The fraction of sp³-hybridized carbons (Fsp3) is 0.667. The van der Waals surface area contributed by atoms with Crippen molar-refractivity contribution < 1.29 is 23.9 Å². The molecule has 146 valence electrons. The van der Waals surface area contributed by atoms with Crippen molar-refractivity contribution in [3.63, 3.8) is 0 Å². The Balaban J connectivity index is 2.78. The Morgan fingerprint density at radius 3 is 2.42 bits per heavy atom. The molecular weight excluding hydrogens is 338 g/mol. The fourth-order valence-electron chi connectivity index (χ4n) is 2.79. The number of Topliss-reactive ketones (excluding diaryl/α,β-unsaturated/α-hetero) is 1. The van der Waals surface area contributed by atoms with Gasteiger partial charge in [-0.1, -0.05) is 27.4 Å². The zero-order chi connectivity index (χ0) is 20.1. The topological polar surface area (TPSA) is 133 Å². The van der Waals surface area contributed by atoms with Crippen LogP contribution in [0.3, 0.4) is 0 Å². The molecule has 2 amide bonds. The number of primary amides is 1. The maximum atomic E-state index is 12.8. The maximum absolute atomic E-state index is 12.8. The molecule has 0 aromatic carbocycles. The number of hydrogen-bond donors (Lipinski definition) is 2. The quantitative estimate of drug-likeness (QED) is 0.468. The molecule has 1 saturated heterocycles. The van der Waals surface area contributed by atoms with Crippen LogP contribution in [0, 0.1) is 5.41 Å². The average molecular weight is 367 g/mol. The van der Waals surface area contributed by atoms with Gasteiger partial charge in [-0.15, -0.1) is 0 Å². The highest BCUT2D eigenvalue weighted by molar-refractivity contribution is 5.95. The third kappa shape index (κ3) is 5.66. The molecule has 3 unspecified atom stereocenters. The van der Waals surface area contributed by atoms with Crippen molar-refractivity contribution in [3.05, 3.63) is 12.7 Å². The molecule has 4 N–H and O–H groups in total. The number of carbonyl (C=O) groups is 4. The van der Waals surface area contributed by atoms with Crippen LogP contribution in [-0.2, 0) is 23.9 Å². The van der Waals surface area contributed by atoms with Crippen molar-refractivity contribution in [2.45, 2.75) is 64.6 Å². The van der Waals surface area contributed by atoms with E-state index in [0.717, 1.165) is 0 Å². The van der Waals surface area contributed by atoms with Gasteiger partial charge >= 0.3 is 5.97 Å². The molecule has 3 atom stereocenters. The van der Waals surface area contributed by atoms with Gasteiger partial charge in [0.2, 0.25) is 5.91 Å². The summed E-state index contributed by atoms with van der Waals surface area (Å²) in [5.74, 6) is -1.92. The monoisotopic (exact) mass is 367 g/mol. The number of carbonyl (C=O) groups excluding carboxylic acids is 4. The van der Waals surface area contributed by atoms with E-state index in [9.17, 15) is 19.2 Å². The van der Waals surface area contributed by atoms with Gasteiger partial charge in [0.25, 0.3) is 5.91 Å². The number of rotatable bonds is 8. The standard InChI is InChI=1S/C18H29N3O5/c1-5-13(26-17(25)11(19)8-9-14(20)22)16(24)21-10-6-7-12(21)15(23)18(2,3)4/h5,11-13H,1,6-10,19H2,2-4H3,(H2,20,22). The third-order valence-corrected chi connectivity index (χ3v) is 4.28. The second-order valence-electron chi connectivity index (χ2n) is 7.51. The van der Waals surface area contributed by atoms with Gasteiger partial charge in [0.05, 0.1) is 6.04 Å². The molecule has 8 nitrogen and oxygen atoms in total. The molecule has 1 rings (SSSR count). The lowest BCUT2D eigenvalue weighted by molar-refractivity contribution is -0.159. The summed E-state index contributed by atoms with van der Waals surface area (Å²) in [7, 11) is 0. The Morgan fingerprint density at radius 2 is 1.92 bits per heavy atom. The molecular formula is C18H29N3O5. The molecule has 1 aliphatic heterocycles. The summed E-state index contributed by atoms with van der Waals surface area (Å²) in [6, 6.07) is -1.60. The summed E-state index contributed by atoms with van der Waals surface area (Å²) in [5.41, 5.74) is 10.1. The number of ether oxygens (including phenoxy) is 1. The summed E-state index contributed by atoms with van der Waals surface area (Å²) < 4.78 is 5.15. The Labute approximate surface area is 153 Å². The van der Waals surface area contributed by atoms with Gasteiger partial charge in [-0.25, -0.2) is 0 Å². The minimum atomic E-state index is -1.23. The summed E-state index contributed by atoms with van der Waals surface area (Å²) in [6.07, 6.45) is 1.23. The SMILES string of the molecule is C=CC(OC(=O)C(N)CCC(N)=O)C(=O)N1CCCC1C(=O)C(C)(C)C. The fourth-order valence-corrected chi connectivity index (χ4v) is 2.79. The van der Waals surface area contributed by atoms with E-state index >= 15 is 0 Å². The van der Waals surface area contributed by atoms with Crippen LogP contribution in [0.5, 0.6) is 0 Å². The molecule has 1 aliphatic rings. The second kappa shape index (κ2) is 8.93. The van der Waals surface area contributed by atoms with Gasteiger partial charge < -0.3 is 21.1 Å². The number of nitrogens with two attached hydrogens (primary N) is 2. The largest absolute Gasteiger partial charge is 0.447 e. The first-order chi connectivity index (χ1) is 12.0. The number of hydrogen-bond acceptors (Lipinski definition) is 6. The molecule has 1 fully saturated rings. The number of esters is 1. The van der Waals surface area contributed by atoms with E-state index in [0.29, 0.717) is 19.4 Å². The van der Waals surface area contributed by atoms with E-state index in [4.69, 9.17) is 16.2 Å². The molecule has 0 spiro atoms. The molecule has 0 aromatic heterocycles. The average Bonchev–Trinajstić information content (AvgIpc) is 3.04. The van der Waals surface area contributed by atoms with Gasteiger partial charge in [-0.05, 0) is 25.3 Å². The van der Waals surface area contributed by atoms with Gasteiger partial charge in [0, 0.05) is 18.4 Å². The lowest BCUT2D eigenvalue weighted by atomic mass is 9.85. The number of ketones is 1. The minimum absolute atomic E-state index is 0.0288. The smallest absolute Gasteiger partial charge is 0.324 e. The van der Waals surface area contributed by atoms with Crippen molar-refractivity contribution in [3.8, 4) is 0 Å². The van der Waals surface area contributed by atoms with Crippen molar-refractivity contribution in [2.24, 2.45) is 16.9 Å². The molecule has 0 bridgehead atoms. The lowest BCUT2D eigenvalue weighted by Gasteiger charge is -2.30. The van der Waals surface area contributed by atoms with E-state index in [1.54, 1.807) is 20.8 Å². The van der Waals surface area contributed by atoms with Crippen molar-refractivity contribution in [2.75, 3.05) is 6.54 Å². The molecule has 0 aromatic rings. The Hall–Kier alpha value is -2.22. The molecule has 0 aliphatic carbocycles. The molecule has 0 radical (unpaired) electrons. The van der Waals surface area contributed by atoms with Crippen LogP contribution in [0.1, 0.15) is 46.5 Å². The van der Waals surface area contributed by atoms with Gasteiger partial charge in [-0.2, -0.15) is 0 Å². The van der Waals surface area contributed by atoms with Crippen LogP contribution in [0.2, 0.25) is 0 Å². The van der Waals surface area contributed by atoms with E-state index in [2.05, 4.69) is 6.58 Å². The zero-order valence-corrected chi connectivity index (χ0v) is 15.7. The van der Waals surface area contributed by atoms with E-state index < -0.39 is 41.4 Å². The van der Waals surface area contributed by atoms with Crippen LogP contribution >= 0.6 is 0 Å². The Morgan fingerprint density at radius 1 is 1.31 bits per heavy atom. The predicted molar refractivity (Wildman–Crippen MR) is 95.7 cm³/mol. The molecule has 1 heterocycles. The van der Waals surface area contributed by atoms with Crippen molar-refractivity contribution in [1.82, 2.24) is 4.90 Å². The Kier molecular flexibility index (Phi) is 7.50. The summed E-state index contributed by atoms with van der Waals surface area (Å²) >= 11 is 0. The van der Waals surface area contributed by atoms with E-state index in [1.165, 1.54) is 11.0 Å². The van der Waals surface area contributed by atoms with Gasteiger partial charge in [-0.3, -0.25) is 19.2 Å². The number of nitrogens with zero attached hydrogens (tertiary/aromatic N) is 1. The van der Waals surface area contributed by atoms with Crippen LogP contribution in [0.25, 0.3) is 0 Å². The maximum Gasteiger partial charge on any atom is 0.324 e. The molecule has 8 heteroatoms. The predicted octanol–water partition coefficient (Wildman–Crippen LogP) is 0.283. The lowest BCUT2D eigenvalue weighted by Crippen LogP contribution is -2.49. The molecule has 26 heavy (non-hydrogen) atoms. The normalized spacial score (nSPS) is 19.5. The summed E-state index contributed by atoms with van der Waals surface area (Å²) in [6.45, 7) is 9.37. The first kappa shape index (κ1) is 21.8. The minimum Gasteiger partial charge on any atom is -0.447 e. The van der Waals surface area contributed by atoms with Crippen molar-refractivity contribution in [1.29, 1.82) is 0 Å². The van der Waals surface area contributed by atoms with Crippen molar-refractivity contribution >= 4 is 23.6 Å². The first-order valence-electron chi connectivity index (χ1n) is 8.70.